The van der Waals surface area contributed by atoms with Crippen LogP contribution in [0.2, 0.25) is 0 Å². The van der Waals surface area contributed by atoms with Crippen LogP contribution in [0.5, 0.6) is 0 Å². The van der Waals surface area contributed by atoms with Crippen LogP contribution in [0, 0.1) is 0 Å². The number of hydrogen-bond donors (Lipinski definition) is 0. The number of methoxy groups -OCH3 is 1. The number of nitrogens with zero attached hydrogens (tertiary/aromatic N) is 1. The van der Waals surface area contributed by atoms with Gasteiger partial charge in [0.25, 0.3) is 0 Å². The van der Waals surface area contributed by atoms with Gasteiger partial charge in [-0.15, -0.1) is 0 Å². The smallest absolute Gasteiger partial charge is 0.343 e. The molecule has 1 atom stereocenters. The van der Waals surface area contributed by atoms with Gasteiger partial charge in [0.05, 0.1) is 18.4 Å². The molecule has 0 radical (unpaired) electrons. The fourth-order valence-corrected chi connectivity index (χ4v) is 4.85. The quantitative estimate of drug-likeness (QED) is 0.756. The average Bonchev–Trinajstić information content (AvgIpc) is 3.21. The number of ether oxygens (including phenoxy) is 2. The largest absolute Gasteiger partial charge is 0.465 e. The van der Waals surface area contributed by atoms with E-state index >= 15 is 0 Å². The molecule has 0 bridgehead atoms. The molecule has 27 heavy (non-hydrogen) atoms. The molecule has 2 heterocycles. The molecule has 1 unspecified atom stereocenters. The third-order valence-corrected chi connectivity index (χ3v) is 6.17. The Morgan fingerprint density at radius 2 is 2.00 bits per heavy atom. The fraction of sp³-hybridized carbons (Fsp3) is 0.250. The normalized spacial score (nSPS) is 20.2. The third-order valence-electron chi connectivity index (χ3n) is 4.71. The molecule has 0 saturated carbocycles. The van der Waals surface area contributed by atoms with E-state index < -0.39 is 16.8 Å². The van der Waals surface area contributed by atoms with Crippen molar-refractivity contribution in [1.29, 1.82) is 0 Å². The highest BCUT2D eigenvalue weighted by atomic mass is 32.2. The lowest BCUT2D eigenvalue weighted by molar-refractivity contribution is -0.148. The van der Waals surface area contributed by atoms with Crippen molar-refractivity contribution >= 4 is 35.3 Å². The molecule has 1 fully saturated rings. The van der Waals surface area contributed by atoms with Crippen LogP contribution in [0.1, 0.15) is 28.8 Å². The van der Waals surface area contributed by atoms with Crippen molar-refractivity contribution in [2.45, 2.75) is 29.2 Å². The summed E-state index contributed by atoms with van der Waals surface area (Å²) < 4.78 is 10.3. The summed E-state index contributed by atoms with van der Waals surface area (Å²) in [6.45, 7) is 0.0182. The molecule has 138 valence electrons. The summed E-state index contributed by atoms with van der Waals surface area (Å²) in [6, 6.07) is 14.2. The minimum atomic E-state index is -1.04. The van der Waals surface area contributed by atoms with Crippen molar-refractivity contribution in [3.8, 4) is 0 Å². The van der Waals surface area contributed by atoms with Crippen molar-refractivity contribution in [1.82, 2.24) is 0 Å². The van der Waals surface area contributed by atoms with Gasteiger partial charge in [-0.1, -0.05) is 36.0 Å². The maximum atomic E-state index is 13.0. The molecule has 7 heteroatoms. The summed E-state index contributed by atoms with van der Waals surface area (Å²) in [5, 5.41) is 0. The highest BCUT2D eigenvalue weighted by Crippen LogP contribution is 2.56. The predicted octanol–water partition coefficient (Wildman–Crippen LogP) is 3.15. The monoisotopic (exact) mass is 383 g/mol. The number of para-hydroxylation sites is 1. The Morgan fingerprint density at radius 3 is 2.81 bits per heavy atom. The van der Waals surface area contributed by atoms with Crippen LogP contribution in [0.4, 0.5) is 5.69 Å². The number of benzene rings is 2. The minimum absolute atomic E-state index is 0.0182. The maximum Gasteiger partial charge on any atom is 0.343 e. The van der Waals surface area contributed by atoms with E-state index in [0.29, 0.717) is 24.0 Å². The Labute approximate surface area is 160 Å². The number of amides is 1. The van der Waals surface area contributed by atoms with Gasteiger partial charge in [0, 0.05) is 17.7 Å². The van der Waals surface area contributed by atoms with Crippen molar-refractivity contribution in [2.24, 2.45) is 0 Å². The zero-order valence-corrected chi connectivity index (χ0v) is 15.5. The van der Waals surface area contributed by atoms with E-state index in [1.54, 1.807) is 29.2 Å². The van der Waals surface area contributed by atoms with Crippen LogP contribution in [-0.4, -0.2) is 29.8 Å². The molecular weight excluding hydrogens is 366 g/mol. The Morgan fingerprint density at radius 1 is 1.19 bits per heavy atom. The first kappa shape index (κ1) is 17.6. The number of rotatable bonds is 4. The van der Waals surface area contributed by atoms with Crippen LogP contribution < -0.4 is 4.90 Å². The minimum Gasteiger partial charge on any atom is -0.465 e. The first-order chi connectivity index (χ1) is 13.0. The van der Waals surface area contributed by atoms with Gasteiger partial charge >= 0.3 is 11.9 Å². The molecule has 6 nitrogen and oxygen atoms in total. The maximum absolute atomic E-state index is 13.0. The van der Waals surface area contributed by atoms with E-state index in [1.165, 1.54) is 18.9 Å². The van der Waals surface area contributed by atoms with Crippen LogP contribution in [-0.2, 0) is 25.7 Å². The number of hydrogen-bond acceptors (Lipinski definition) is 6. The molecule has 2 aromatic rings. The molecular formula is C20H17NO5S. The summed E-state index contributed by atoms with van der Waals surface area (Å²) in [5.41, 5.74) is 1.83. The molecule has 4 rings (SSSR count). The predicted molar refractivity (Wildman–Crippen MR) is 99.3 cm³/mol. The van der Waals surface area contributed by atoms with Crippen molar-refractivity contribution in [3.05, 3.63) is 59.7 Å². The Hall–Kier alpha value is -2.80. The van der Waals surface area contributed by atoms with E-state index in [0.717, 1.165) is 10.6 Å². The van der Waals surface area contributed by atoms with Gasteiger partial charge in [0.2, 0.25) is 5.91 Å². The first-order valence-electron chi connectivity index (χ1n) is 8.51. The number of esters is 2. The molecule has 1 amide bonds. The van der Waals surface area contributed by atoms with Crippen molar-refractivity contribution in [2.75, 3.05) is 12.0 Å². The molecule has 0 spiro atoms. The Bertz CT molecular complexity index is 943. The van der Waals surface area contributed by atoms with Gasteiger partial charge in [-0.2, -0.15) is 0 Å². The lowest BCUT2D eigenvalue weighted by Gasteiger charge is -2.28. The highest BCUT2D eigenvalue weighted by Gasteiger charge is 2.58. The summed E-state index contributed by atoms with van der Waals surface area (Å²) in [5.74, 6) is -0.966. The van der Waals surface area contributed by atoms with Crippen LogP contribution in [0.25, 0.3) is 0 Å². The van der Waals surface area contributed by atoms with Gasteiger partial charge in [0.1, 0.15) is 6.61 Å². The molecule has 0 aromatic heterocycles. The lowest BCUT2D eigenvalue weighted by Crippen LogP contribution is -2.47. The number of fused-ring (bicyclic) bond motifs is 3. The van der Waals surface area contributed by atoms with Crippen molar-refractivity contribution < 1.29 is 23.9 Å². The lowest BCUT2D eigenvalue weighted by atomic mass is 10.1. The average molecular weight is 383 g/mol. The standard InChI is InChI=1S/C20H17NO5S/c1-25-18(23)14-6-4-5-13(11-14)12-26-19(24)20-10-9-17(22)21(20)15-7-2-3-8-16(15)27-20/h2-8,11H,9-10,12H2,1H3. The van der Waals surface area contributed by atoms with Gasteiger partial charge in [-0.3, -0.25) is 9.69 Å². The topological polar surface area (TPSA) is 72.9 Å². The molecule has 2 aromatic carbocycles. The molecule has 2 aliphatic heterocycles. The molecule has 1 saturated heterocycles. The second kappa shape index (κ2) is 6.74. The van der Waals surface area contributed by atoms with E-state index in [1.807, 2.05) is 24.3 Å². The Kier molecular flexibility index (Phi) is 4.39. The third kappa shape index (κ3) is 2.88. The van der Waals surface area contributed by atoms with Gasteiger partial charge in [-0.05, 0) is 29.8 Å². The molecule has 2 aliphatic rings. The number of thioether (sulfide) groups is 1. The van der Waals surface area contributed by atoms with E-state index in [9.17, 15) is 14.4 Å². The number of carbonyl (C=O) groups excluding carboxylic acids is 3. The van der Waals surface area contributed by atoms with E-state index in [-0.39, 0.29) is 12.5 Å². The summed E-state index contributed by atoms with van der Waals surface area (Å²) in [6.07, 6.45) is 0.723. The SMILES string of the molecule is COC(=O)c1cccc(COC(=O)C23CCC(=O)N2c2ccccc2S3)c1. The first-order valence-corrected chi connectivity index (χ1v) is 9.32. The van der Waals surface area contributed by atoms with E-state index in [2.05, 4.69) is 0 Å². The van der Waals surface area contributed by atoms with Gasteiger partial charge in [0.15, 0.2) is 4.87 Å². The highest BCUT2D eigenvalue weighted by molar-refractivity contribution is 8.02. The summed E-state index contributed by atoms with van der Waals surface area (Å²) in [7, 11) is 1.31. The fourth-order valence-electron chi connectivity index (χ4n) is 3.44. The van der Waals surface area contributed by atoms with Gasteiger partial charge < -0.3 is 9.47 Å². The number of carbonyl (C=O) groups is 3. The summed E-state index contributed by atoms with van der Waals surface area (Å²) >= 11 is 1.37. The van der Waals surface area contributed by atoms with Gasteiger partial charge in [-0.25, -0.2) is 9.59 Å². The van der Waals surface area contributed by atoms with Crippen LogP contribution in [0.15, 0.2) is 53.4 Å². The second-order valence-corrected chi connectivity index (χ2v) is 7.67. The zero-order valence-electron chi connectivity index (χ0n) is 14.6. The van der Waals surface area contributed by atoms with Crippen LogP contribution in [0.3, 0.4) is 0 Å². The second-order valence-electron chi connectivity index (χ2n) is 6.35. The number of anilines is 1. The van der Waals surface area contributed by atoms with E-state index in [4.69, 9.17) is 9.47 Å². The summed E-state index contributed by atoms with van der Waals surface area (Å²) in [4.78, 5) is 38.5. The van der Waals surface area contributed by atoms with Crippen LogP contribution >= 0.6 is 11.8 Å². The molecule has 0 N–H and O–H groups in total. The Balaban J connectivity index is 1.54. The molecule has 0 aliphatic carbocycles. The zero-order chi connectivity index (χ0) is 19.0. The van der Waals surface area contributed by atoms with Crippen molar-refractivity contribution in [3.63, 3.8) is 0 Å².